The van der Waals surface area contributed by atoms with Crippen LogP contribution in [-0.2, 0) is 4.79 Å². The maximum Gasteiger partial charge on any atom is 0.224 e. The molecule has 1 saturated carbocycles. The molecule has 0 spiro atoms. The van der Waals surface area contributed by atoms with Gasteiger partial charge in [0.25, 0.3) is 0 Å². The molecule has 1 aliphatic carbocycles. The molecule has 0 aliphatic heterocycles. The quantitative estimate of drug-likeness (QED) is 0.853. The van der Waals surface area contributed by atoms with E-state index in [1.54, 1.807) is 0 Å². The predicted octanol–water partition coefficient (Wildman–Crippen LogP) is 3.15. The highest BCUT2D eigenvalue weighted by Gasteiger charge is 2.28. The van der Waals surface area contributed by atoms with Gasteiger partial charge in [0, 0.05) is 5.92 Å². The van der Waals surface area contributed by atoms with Gasteiger partial charge in [-0.1, -0.05) is 55.3 Å². The van der Waals surface area contributed by atoms with Crippen molar-refractivity contribution >= 4 is 12.0 Å². The van der Waals surface area contributed by atoms with E-state index < -0.39 is 0 Å². The Morgan fingerprint density at radius 3 is 2.80 bits per heavy atom. The maximum absolute atomic E-state index is 12.1. The third-order valence-electron chi connectivity index (χ3n) is 3.83. The van der Waals surface area contributed by atoms with Gasteiger partial charge in [-0.15, -0.1) is 0 Å². The van der Waals surface area contributed by atoms with E-state index in [0.717, 1.165) is 24.8 Å². The smallest absolute Gasteiger partial charge is 0.224 e. The standard InChI is InChI=1S/C17H20N2O/c18-12-13-19-17(20)16-9-5-4-8-15(16)11-10-14-6-2-1-3-7-14/h1-3,6-7,10-11,15-16H,4-5,8-9,13H2,(H,19,20)/b11-10-/t15-,16+/m0/s1. The number of rotatable bonds is 4. The minimum absolute atomic E-state index is 0.0112. The van der Waals surface area contributed by atoms with Crippen molar-refractivity contribution in [1.29, 1.82) is 5.26 Å². The molecule has 3 nitrogen and oxygen atoms in total. The van der Waals surface area contributed by atoms with Crippen LogP contribution in [0.25, 0.3) is 6.08 Å². The van der Waals surface area contributed by atoms with Gasteiger partial charge in [-0.25, -0.2) is 0 Å². The van der Waals surface area contributed by atoms with Crippen LogP contribution in [0.2, 0.25) is 0 Å². The summed E-state index contributed by atoms with van der Waals surface area (Å²) in [5, 5.41) is 11.2. The van der Waals surface area contributed by atoms with Crippen LogP contribution < -0.4 is 5.32 Å². The lowest BCUT2D eigenvalue weighted by molar-refractivity contribution is -0.126. The number of carbonyl (C=O) groups is 1. The van der Waals surface area contributed by atoms with Crippen LogP contribution >= 0.6 is 0 Å². The Balaban J connectivity index is 2.02. The molecule has 0 heterocycles. The van der Waals surface area contributed by atoms with Gasteiger partial charge in [0.1, 0.15) is 6.54 Å². The number of nitriles is 1. The summed E-state index contributed by atoms with van der Waals surface area (Å²) in [7, 11) is 0. The molecule has 1 N–H and O–H groups in total. The molecule has 2 atom stereocenters. The van der Waals surface area contributed by atoms with E-state index in [9.17, 15) is 4.79 Å². The maximum atomic E-state index is 12.1. The fraction of sp³-hybridized carbons (Fsp3) is 0.412. The number of nitrogens with one attached hydrogen (secondary N) is 1. The second kappa shape index (κ2) is 7.49. The molecule has 0 bridgehead atoms. The van der Waals surface area contributed by atoms with Crippen LogP contribution in [-0.4, -0.2) is 12.5 Å². The van der Waals surface area contributed by atoms with Crippen LogP contribution in [0, 0.1) is 23.2 Å². The molecule has 1 aromatic carbocycles. The van der Waals surface area contributed by atoms with Gasteiger partial charge in [0.15, 0.2) is 0 Å². The van der Waals surface area contributed by atoms with Crippen molar-refractivity contribution in [2.45, 2.75) is 25.7 Å². The van der Waals surface area contributed by atoms with Crippen LogP contribution in [0.3, 0.4) is 0 Å². The lowest BCUT2D eigenvalue weighted by atomic mass is 9.78. The molecule has 0 unspecified atom stereocenters. The van der Waals surface area contributed by atoms with Crippen LogP contribution in [0.15, 0.2) is 36.4 Å². The van der Waals surface area contributed by atoms with Crippen molar-refractivity contribution in [3.8, 4) is 6.07 Å². The Morgan fingerprint density at radius 2 is 2.05 bits per heavy atom. The Bertz CT molecular complexity index is 501. The first kappa shape index (κ1) is 14.3. The summed E-state index contributed by atoms with van der Waals surface area (Å²) in [5.41, 5.74) is 1.16. The van der Waals surface area contributed by atoms with Crippen molar-refractivity contribution in [3.05, 3.63) is 42.0 Å². The number of hydrogen-bond acceptors (Lipinski definition) is 2. The van der Waals surface area contributed by atoms with E-state index in [0.29, 0.717) is 0 Å². The topological polar surface area (TPSA) is 52.9 Å². The third-order valence-corrected chi connectivity index (χ3v) is 3.83. The highest BCUT2D eigenvalue weighted by Crippen LogP contribution is 2.31. The molecule has 3 heteroatoms. The van der Waals surface area contributed by atoms with Crippen molar-refractivity contribution in [1.82, 2.24) is 5.32 Å². The largest absolute Gasteiger partial charge is 0.343 e. The Hall–Kier alpha value is -2.08. The van der Waals surface area contributed by atoms with Gasteiger partial charge < -0.3 is 5.32 Å². The number of amides is 1. The van der Waals surface area contributed by atoms with Crippen molar-refractivity contribution in [3.63, 3.8) is 0 Å². The summed E-state index contributed by atoms with van der Waals surface area (Å²) in [5.74, 6) is 0.314. The molecule has 20 heavy (non-hydrogen) atoms. The van der Waals surface area contributed by atoms with E-state index in [1.165, 1.54) is 6.42 Å². The fourth-order valence-electron chi connectivity index (χ4n) is 2.77. The SMILES string of the molecule is N#CCNC(=O)[C@@H]1CCCC[C@H]1/C=C\c1ccccc1. The zero-order valence-corrected chi connectivity index (χ0v) is 11.6. The number of nitrogens with zero attached hydrogens (tertiary/aromatic N) is 1. The average molecular weight is 268 g/mol. The zero-order chi connectivity index (χ0) is 14.2. The van der Waals surface area contributed by atoms with Crippen molar-refractivity contribution in [2.24, 2.45) is 11.8 Å². The Morgan fingerprint density at radius 1 is 1.30 bits per heavy atom. The van der Waals surface area contributed by atoms with Crippen LogP contribution in [0.1, 0.15) is 31.2 Å². The van der Waals surface area contributed by atoms with E-state index in [-0.39, 0.29) is 24.3 Å². The van der Waals surface area contributed by atoms with Crippen LogP contribution in [0.5, 0.6) is 0 Å². The molecule has 1 fully saturated rings. The first-order valence-electron chi connectivity index (χ1n) is 7.19. The van der Waals surface area contributed by atoms with E-state index in [4.69, 9.17) is 5.26 Å². The second-order valence-corrected chi connectivity index (χ2v) is 5.20. The summed E-state index contributed by atoms with van der Waals surface area (Å²) in [6.07, 6.45) is 8.49. The molecular formula is C17H20N2O. The normalized spacial score (nSPS) is 22.4. The average Bonchev–Trinajstić information content (AvgIpc) is 2.52. The molecule has 2 rings (SSSR count). The highest BCUT2D eigenvalue weighted by molar-refractivity contribution is 5.79. The first-order chi connectivity index (χ1) is 9.81. The lowest BCUT2D eigenvalue weighted by Gasteiger charge is -2.28. The molecule has 0 saturated heterocycles. The first-order valence-corrected chi connectivity index (χ1v) is 7.19. The van der Waals surface area contributed by atoms with Crippen LogP contribution in [0.4, 0.5) is 0 Å². The lowest BCUT2D eigenvalue weighted by Crippen LogP contribution is -2.36. The summed E-state index contributed by atoms with van der Waals surface area (Å²) >= 11 is 0. The van der Waals surface area contributed by atoms with Gasteiger partial charge in [-0.3, -0.25) is 4.79 Å². The Labute approximate surface area is 120 Å². The number of carbonyl (C=O) groups excluding carboxylic acids is 1. The predicted molar refractivity (Wildman–Crippen MR) is 79.5 cm³/mol. The minimum Gasteiger partial charge on any atom is -0.343 e. The van der Waals surface area contributed by atoms with Gasteiger partial charge in [-0.05, 0) is 24.3 Å². The fourth-order valence-corrected chi connectivity index (χ4v) is 2.77. The van der Waals surface area contributed by atoms with Gasteiger partial charge in [-0.2, -0.15) is 5.26 Å². The molecule has 1 aromatic rings. The van der Waals surface area contributed by atoms with Gasteiger partial charge in [0.05, 0.1) is 6.07 Å². The summed E-state index contributed by atoms with van der Waals surface area (Å²) in [4.78, 5) is 12.1. The van der Waals surface area contributed by atoms with E-state index >= 15 is 0 Å². The summed E-state index contributed by atoms with van der Waals surface area (Å²) in [6, 6.07) is 12.1. The van der Waals surface area contributed by atoms with Crippen molar-refractivity contribution in [2.75, 3.05) is 6.54 Å². The summed E-state index contributed by atoms with van der Waals surface area (Å²) in [6.45, 7) is 0.102. The molecule has 0 aromatic heterocycles. The molecule has 0 radical (unpaired) electrons. The minimum atomic E-state index is 0.0112. The number of hydrogen-bond donors (Lipinski definition) is 1. The monoisotopic (exact) mass is 268 g/mol. The Kier molecular flexibility index (Phi) is 5.37. The summed E-state index contributed by atoms with van der Waals surface area (Å²) < 4.78 is 0. The second-order valence-electron chi connectivity index (χ2n) is 5.20. The number of benzene rings is 1. The molecule has 1 aliphatic rings. The van der Waals surface area contributed by atoms with E-state index in [1.807, 2.05) is 24.3 Å². The molecule has 104 valence electrons. The van der Waals surface area contributed by atoms with Gasteiger partial charge >= 0.3 is 0 Å². The van der Waals surface area contributed by atoms with Crippen molar-refractivity contribution < 1.29 is 4.79 Å². The zero-order valence-electron chi connectivity index (χ0n) is 11.6. The highest BCUT2D eigenvalue weighted by atomic mass is 16.1. The third kappa shape index (κ3) is 3.96. The molecular weight excluding hydrogens is 248 g/mol. The molecule has 1 amide bonds. The van der Waals surface area contributed by atoms with E-state index in [2.05, 4.69) is 29.6 Å². The number of allylic oxidation sites excluding steroid dienone is 1. The van der Waals surface area contributed by atoms with Gasteiger partial charge in [0.2, 0.25) is 5.91 Å².